The van der Waals surface area contributed by atoms with Crippen LogP contribution in [0.2, 0.25) is 0 Å². The van der Waals surface area contributed by atoms with Crippen LogP contribution in [0.25, 0.3) is 0 Å². The van der Waals surface area contributed by atoms with E-state index in [1.807, 2.05) is 13.8 Å². The molecule has 1 aliphatic heterocycles. The second-order valence-electron chi connectivity index (χ2n) is 8.39. The Labute approximate surface area is 198 Å². The highest BCUT2D eigenvalue weighted by Gasteiger charge is 2.38. The first kappa shape index (κ1) is 26.6. The minimum absolute atomic E-state index is 0.0922. The highest BCUT2D eigenvalue weighted by atomic mass is 16.6. The Hall–Kier alpha value is -3.69. The average molecular weight is 474 g/mol. The summed E-state index contributed by atoms with van der Waals surface area (Å²) in [5.74, 6) is -2.68. The number of carbonyl (C=O) groups is 3. The van der Waals surface area contributed by atoms with Crippen molar-refractivity contribution in [1.82, 2.24) is 10.6 Å². The van der Waals surface area contributed by atoms with Crippen molar-refractivity contribution in [2.45, 2.75) is 53.0 Å². The Kier molecular flexibility index (Phi) is 8.94. The summed E-state index contributed by atoms with van der Waals surface area (Å²) in [5, 5.41) is 17.2. The van der Waals surface area contributed by atoms with Gasteiger partial charge in [0.05, 0.1) is 30.1 Å². The summed E-state index contributed by atoms with van der Waals surface area (Å²) in [7, 11) is 1.22. The van der Waals surface area contributed by atoms with Gasteiger partial charge in [-0.3, -0.25) is 14.9 Å². The lowest BCUT2D eigenvalue weighted by Gasteiger charge is -2.31. The molecular weight excluding hydrogens is 442 g/mol. The minimum atomic E-state index is -0.949. The van der Waals surface area contributed by atoms with Crippen molar-refractivity contribution in [3.63, 3.8) is 0 Å². The lowest BCUT2D eigenvalue weighted by molar-refractivity contribution is -0.384. The Bertz CT molecular complexity index is 1040. The largest absolute Gasteiger partial charge is 0.466 e. The highest BCUT2D eigenvalue weighted by Crippen LogP contribution is 2.39. The number of carbonyl (C=O) groups excluding carboxylic acids is 3. The van der Waals surface area contributed by atoms with Gasteiger partial charge < -0.3 is 20.1 Å². The van der Waals surface area contributed by atoms with E-state index in [1.54, 1.807) is 26.8 Å². The van der Waals surface area contributed by atoms with Gasteiger partial charge >= 0.3 is 11.9 Å². The molecule has 1 aromatic rings. The Morgan fingerprint density at radius 1 is 1.18 bits per heavy atom. The standard InChI is InChI=1S/C24H31N3O7/c1-7-34-23(29)18(11-13(2)3)26-22(28)19-14(4)25-15(5)20(24(30)33-6)21(19)16-9-8-10-17(12-16)27(31)32/h8-10,12-13,18,21,25H,7,11H2,1-6H3,(H,26,28)/t18-,21+/m0/s1. The fourth-order valence-electron chi connectivity index (χ4n) is 3.99. The second kappa shape index (κ2) is 11.4. The van der Waals surface area contributed by atoms with E-state index < -0.39 is 34.7 Å². The Morgan fingerprint density at radius 2 is 1.82 bits per heavy atom. The number of dihydropyridines is 1. The van der Waals surface area contributed by atoms with E-state index >= 15 is 0 Å². The topological polar surface area (TPSA) is 137 Å². The van der Waals surface area contributed by atoms with E-state index in [1.165, 1.54) is 25.3 Å². The number of esters is 2. The summed E-state index contributed by atoms with van der Waals surface area (Å²) in [6.07, 6.45) is 0.352. The predicted molar refractivity (Wildman–Crippen MR) is 124 cm³/mol. The van der Waals surface area contributed by atoms with Gasteiger partial charge in [0.15, 0.2) is 0 Å². The summed E-state index contributed by atoms with van der Waals surface area (Å²) < 4.78 is 10.1. The summed E-state index contributed by atoms with van der Waals surface area (Å²) >= 11 is 0. The summed E-state index contributed by atoms with van der Waals surface area (Å²) in [6, 6.07) is 4.85. The summed E-state index contributed by atoms with van der Waals surface area (Å²) in [6.45, 7) is 9.00. The maximum atomic E-state index is 13.5. The van der Waals surface area contributed by atoms with Crippen LogP contribution in [-0.2, 0) is 23.9 Å². The monoisotopic (exact) mass is 473 g/mol. The number of nitro groups is 1. The predicted octanol–water partition coefficient (Wildman–Crippen LogP) is 3.10. The van der Waals surface area contributed by atoms with Crippen LogP contribution in [0.15, 0.2) is 46.8 Å². The SMILES string of the molecule is CCOC(=O)[C@H](CC(C)C)NC(=O)C1=C(C)NC(C)=C(C(=O)OC)[C@@H]1c1cccc([N+](=O)[O-])c1. The molecule has 0 unspecified atom stereocenters. The fraction of sp³-hybridized carbons (Fsp3) is 0.458. The molecule has 0 spiro atoms. The van der Waals surface area contributed by atoms with Crippen molar-refractivity contribution >= 4 is 23.5 Å². The van der Waals surface area contributed by atoms with Crippen molar-refractivity contribution in [3.05, 3.63) is 62.5 Å². The number of non-ortho nitro benzene ring substituents is 1. The third-order valence-corrected chi connectivity index (χ3v) is 5.41. The number of methoxy groups -OCH3 is 1. The number of nitrogens with one attached hydrogen (secondary N) is 2. The van der Waals surface area contributed by atoms with Crippen LogP contribution in [0.3, 0.4) is 0 Å². The van der Waals surface area contributed by atoms with E-state index in [-0.39, 0.29) is 29.4 Å². The average Bonchev–Trinajstić information content (AvgIpc) is 2.77. The molecule has 1 heterocycles. The molecule has 0 aliphatic carbocycles. The molecule has 2 rings (SSSR count). The number of hydrogen-bond acceptors (Lipinski definition) is 8. The van der Waals surface area contributed by atoms with E-state index in [0.717, 1.165) is 0 Å². The number of ether oxygens (including phenoxy) is 2. The maximum absolute atomic E-state index is 13.5. The molecule has 0 radical (unpaired) electrons. The molecular formula is C24H31N3O7. The molecule has 0 saturated carbocycles. The third-order valence-electron chi connectivity index (χ3n) is 5.41. The molecule has 0 saturated heterocycles. The first-order chi connectivity index (χ1) is 16.0. The van der Waals surface area contributed by atoms with Gasteiger partial charge in [-0.15, -0.1) is 0 Å². The van der Waals surface area contributed by atoms with Gasteiger partial charge in [0, 0.05) is 29.1 Å². The first-order valence-electron chi connectivity index (χ1n) is 11.0. The van der Waals surface area contributed by atoms with Crippen LogP contribution >= 0.6 is 0 Å². The van der Waals surface area contributed by atoms with Gasteiger partial charge in [0.2, 0.25) is 0 Å². The Morgan fingerprint density at radius 3 is 2.38 bits per heavy atom. The molecule has 0 aromatic heterocycles. The number of rotatable bonds is 9. The molecule has 10 nitrogen and oxygen atoms in total. The van der Waals surface area contributed by atoms with Crippen LogP contribution in [0.5, 0.6) is 0 Å². The third kappa shape index (κ3) is 6.00. The summed E-state index contributed by atoms with van der Waals surface area (Å²) in [4.78, 5) is 49.6. The molecule has 2 atom stereocenters. The van der Waals surface area contributed by atoms with Crippen LogP contribution in [-0.4, -0.2) is 42.5 Å². The number of nitrogens with zero attached hydrogens (tertiary/aromatic N) is 1. The van der Waals surface area contributed by atoms with Crippen molar-refractivity contribution in [1.29, 1.82) is 0 Å². The molecule has 184 valence electrons. The number of allylic oxidation sites excluding steroid dienone is 2. The zero-order chi connectivity index (χ0) is 25.6. The van der Waals surface area contributed by atoms with Gasteiger partial charge in [0.1, 0.15) is 6.04 Å². The lowest BCUT2D eigenvalue weighted by atomic mass is 9.79. The van der Waals surface area contributed by atoms with Gasteiger partial charge in [0.25, 0.3) is 11.6 Å². The number of amides is 1. The van der Waals surface area contributed by atoms with Crippen molar-refractivity contribution < 1.29 is 28.8 Å². The van der Waals surface area contributed by atoms with Crippen LogP contribution in [0.4, 0.5) is 5.69 Å². The zero-order valence-corrected chi connectivity index (χ0v) is 20.3. The molecule has 1 aliphatic rings. The molecule has 1 aromatic carbocycles. The van der Waals surface area contributed by atoms with Crippen molar-refractivity contribution in [3.8, 4) is 0 Å². The normalized spacial score (nSPS) is 16.6. The molecule has 34 heavy (non-hydrogen) atoms. The first-order valence-corrected chi connectivity index (χ1v) is 11.0. The van der Waals surface area contributed by atoms with Crippen LogP contribution in [0.1, 0.15) is 52.5 Å². The minimum Gasteiger partial charge on any atom is -0.466 e. The number of nitro benzene ring substituents is 1. The van der Waals surface area contributed by atoms with E-state index in [4.69, 9.17) is 9.47 Å². The zero-order valence-electron chi connectivity index (χ0n) is 20.3. The van der Waals surface area contributed by atoms with Crippen LogP contribution < -0.4 is 10.6 Å². The molecule has 2 N–H and O–H groups in total. The van der Waals surface area contributed by atoms with Gasteiger partial charge in [-0.1, -0.05) is 26.0 Å². The highest BCUT2D eigenvalue weighted by molar-refractivity contribution is 6.03. The lowest BCUT2D eigenvalue weighted by Crippen LogP contribution is -2.45. The van der Waals surface area contributed by atoms with Gasteiger partial charge in [-0.05, 0) is 38.7 Å². The van der Waals surface area contributed by atoms with Gasteiger partial charge in [-0.2, -0.15) is 0 Å². The molecule has 0 bridgehead atoms. The van der Waals surface area contributed by atoms with Crippen LogP contribution in [0, 0.1) is 16.0 Å². The Balaban J connectivity index is 2.60. The van der Waals surface area contributed by atoms with E-state index in [9.17, 15) is 24.5 Å². The molecule has 1 amide bonds. The number of benzene rings is 1. The van der Waals surface area contributed by atoms with E-state index in [0.29, 0.717) is 23.4 Å². The smallest absolute Gasteiger partial charge is 0.336 e. The second-order valence-corrected chi connectivity index (χ2v) is 8.39. The molecule has 10 heteroatoms. The van der Waals surface area contributed by atoms with Gasteiger partial charge in [-0.25, -0.2) is 9.59 Å². The fourth-order valence-corrected chi connectivity index (χ4v) is 3.99. The van der Waals surface area contributed by atoms with Crippen molar-refractivity contribution in [2.75, 3.05) is 13.7 Å². The molecule has 0 fully saturated rings. The summed E-state index contributed by atoms with van der Waals surface area (Å²) in [5.41, 5.74) is 1.41. The quantitative estimate of drug-likeness (QED) is 0.317. The number of hydrogen-bond donors (Lipinski definition) is 2. The maximum Gasteiger partial charge on any atom is 0.336 e. The van der Waals surface area contributed by atoms with E-state index in [2.05, 4.69) is 10.6 Å². The van der Waals surface area contributed by atoms with Crippen molar-refractivity contribution in [2.24, 2.45) is 5.92 Å².